The third-order valence-corrected chi connectivity index (χ3v) is 3.71. The maximum absolute atomic E-state index is 11.4. The molecule has 0 radical (unpaired) electrons. The van der Waals surface area contributed by atoms with Crippen LogP contribution in [-0.4, -0.2) is 25.0 Å². The van der Waals surface area contributed by atoms with Crippen LogP contribution in [-0.2, 0) is 32.0 Å². The highest BCUT2D eigenvalue weighted by molar-refractivity contribution is 5.75. The summed E-state index contributed by atoms with van der Waals surface area (Å²) in [7, 11) is 1.37. The molecule has 6 heteroatoms. The van der Waals surface area contributed by atoms with Crippen molar-refractivity contribution in [1.29, 1.82) is 0 Å². The summed E-state index contributed by atoms with van der Waals surface area (Å²) >= 11 is 0. The first kappa shape index (κ1) is 17.7. The van der Waals surface area contributed by atoms with Crippen LogP contribution < -0.4 is 9.47 Å². The van der Waals surface area contributed by atoms with E-state index < -0.39 is 11.9 Å². The largest absolute Gasteiger partial charge is 0.469 e. The van der Waals surface area contributed by atoms with Crippen molar-refractivity contribution in [3.05, 3.63) is 34.9 Å². The first-order valence-corrected chi connectivity index (χ1v) is 7.67. The van der Waals surface area contributed by atoms with Gasteiger partial charge in [-0.25, -0.2) is 0 Å². The second kappa shape index (κ2) is 7.77. The predicted molar refractivity (Wildman–Crippen MR) is 85.8 cm³/mol. The van der Waals surface area contributed by atoms with Crippen LogP contribution >= 0.6 is 0 Å². The van der Waals surface area contributed by atoms with E-state index in [0.29, 0.717) is 31.4 Å². The summed E-state index contributed by atoms with van der Waals surface area (Å²) in [6, 6.07) is 3.48. The second-order valence-corrected chi connectivity index (χ2v) is 5.54. The van der Waals surface area contributed by atoms with Gasteiger partial charge in [-0.15, -0.1) is 0 Å². The Morgan fingerprint density at radius 2 is 1.79 bits per heavy atom. The number of allylic oxidation sites excluding steroid dienone is 2. The Morgan fingerprint density at radius 3 is 2.42 bits per heavy atom. The van der Waals surface area contributed by atoms with Crippen molar-refractivity contribution < 1.29 is 28.6 Å². The monoisotopic (exact) mass is 332 g/mol. The zero-order chi connectivity index (χ0) is 17.7. The Morgan fingerprint density at radius 1 is 1.08 bits per heavy atom. The molecular weight excluding hydrogens is 312 g/mol. The molecular formula is C18H20O6. The lowest BCUT2D eigenvalue weighted by molar-refractivity contribution is -0.140. The summed E-state index contributed by atoms with van der Waals surface area (Å²) in [5.41, 5.74) is 2.94. The van der Waals surface area contributed by atoms with Crippen molar-refractivity contribution in [2.75, 3.05) is 7.11 Å². The Bertz CT molecular complexity index is 702. The summed E-state index contributed by atoms with van der Waals surface area (Å²) in [6.07, 6.45) is 4.17. The molecule has 0 atom stereocenters. The van der Waals surface area contributed by atoms with E-state index in [1.165, 1.54) is 21.0 Å². The molecule has 1 aromatic rings. The van der Waals surface area contributed by atoms with Crippen LogP contribution in [0.5, 0.6) is 11.5 Å². The second-order valence-electron chi connectivity index (χ2n) is 5.54. The van der Waals surface area contributed by atoms with Gasteiger partial charge in [0.1, 0.15) is 0 Å². The standard InChI is InChI=1S/C18H20O6/c1-11(19)23-16-8-6-14-10-13(5-9-17(21)22-3)4-7-15(14)18(16)24-12(2)20/h4,6,8H,5,7,9-10H2,1-3H3. The zero-order valence-electron chi connectivity index (χ0n) is 14.0. The number of ether oxygens (including phenoxy) is 3. The third kappa shape index (κ3) is 4.44. The average molecular weight is 332 g/mol. The van der Waals surface area contributed by atoms with Gasteiger partial charge in [-0.2, -0.15) is 0 Å². The van der Waals surface area contributed by atoms with Crippen LogP contribution in [0.1, 0.15) is 37.8 Å². The van der Waals surface area contributed by atoms with E-state index in [0.717, 1.165) is 16.7 Å². The molecule has 0 bridgehead atoms. The molecule has 1 aliphatic rings. The number of carbonyl (C=O) groups excluding carboxylic acids is 3. The van der Waals surface area contributed by atoms with Crippen molar-refractivity contribution in [3.63, 3.8) is 0 Å². The van der Waals surface area contributed by atoms with Crippen molar-refractivity contribution in [2.24, 2.45) is 0 Å². The lowest BCUT2D eigenvalue weighted by atomic mass is 9.88. The molecule has 0 unspecified atom stereocenters. The molecule has 0 heterocycles. The first-order valence-electron chi connectivity index (χ1n) is 7.67. The highest BCUT2D eigenvalue weighted by Crippen LogP contribution is 2.38. The Hall–Kier alpha value is -2.63. The molecule has 0 aromatic heterocycles. The van der Waals surface area contributed by atoms with Gasteiger partial charge in [-0.3, -0.25) is 14.4 Å². The van der Waals surface area contributed by atoms with E-state index in [1.54, 1.807) is 6.07 Å². The first-order chi connectivity index (χ1) is 11.4. The van der Waals surface area contributed by atoms with Crippen LogP contribution in [0.25, 0.3) is 0 Å². The topological polar surface area (TPSA) is 78.9 Å². The summed E-state index contributed by atoms with van der Waals surface area (Å²) in [4.78, 5) is 33.9. The highest BCUT2D eigenvalue weighted by atomic mass is 16.6. The lowest BCUT2D eigenvalue weighted by Gasteiger charge is -2.21. The molecule has 128 valence electrons. The molecule has 0 spiro atoms. The fourth-order valence-corrected chi connectivity index (χ4v) is 2.65. The van der Waals surface area contributed by atoms with E-state index in [-0.39, 0.29) is 11.7 Å². The van der Waals surface area contributed by atoms with E-state index in [9.17, 15) is 14.4 Å². The SMILES string of the molecule is COC(=O)CCC1=CCc2c(ccc(OC(C)=O)c2OC(C)=O)C1. The van der Waals surface area contributed by atoms with Crippen molar-refractivity contribution in [3.8, 4) is 11.5 Å². The van der Waals surface area contributed by atoms with Crippen LogP contribution in [0.4, 0.5) is 0 Å². The molecule has 6 nitrogen and oxygen atoms in total. The van der Waals surface area contributed by atoms with Crippen molar-refractivity contribution in [2.45, 2.75) is 39.5 Å². The number of methoxy groups -OCH3 is 1. The maximum atomic E-state index is 11.4. The zero-order valence-corrected chi connectivity index (χ0v) is 14.0. The Labute approximate surface area is 140 Å². The normalized spacial score (nSPS) is 12.7. The van der Waals surface area contributed by atoms with Crippen LogP contribution in [0.15, 0.2) is 23.8 Å². The van der Waals surface area contributed by atoms with E-state index >= 15 is 0 Å². The molecule has 1 aromatic carbocycles. The fourth-order valence-electron chi connectivity index (χ4n) is 2.65. The van der Waals surface area contributed by atoms with Crippen molar-refractivity contribution in [1.82, 2.24) is 0 Å². The van der Waals surface area contributed by atoms with Gasteiger partial charge in [0, 0.05) is 25.8 Å². The summed E-state index contributed by atoms with van der Waals surface area (Å²) in [5, 5.41) is 0. The van der Waals surface area contributed by atoms with Gasteiger partial charge in [-0.1, -0.05) is 17.7 Å². The van der Waals surface area contributed by atoms with E-state index in [2.05, 4.69) is 4.74 Å². The number of rotatable bonds is 5. The molecule has 0 aliphatic heterocycles. The molecule has 0 fully saturated rings. The van der Waals surface area contributed by atoms with Gasteiger partial charge < -0.3 is 14.2 Å². The molecule has 2 rings (SSSR count). The van der Waals surface area contributed by atoms with Gasteiger partial charge in [0.2, 0.25) is 0 Å². The minimum atomic E-state index is -0.478. The van der Waals surface area contributed by atoms with Gasteiger partial charge >= 0.3 is 17.9 Å². The van der Waals surface area contributed by atoms with E-state index in [4.69, 9.17) is 9.47 Å². The molecule has 0 saturated heterocycles. The highest BCUT2D eigenvalue weighted by Gasteiger charge is 2.21. The molecule has 24 heavy (non-hydrogen) atoms. The number of carbonyl (C=O) groups is 3. The molecule has 0 amide bonds. The van der Waals surface area contributed by atoms with Crippen LogP contribution in [0.2, 0.25) is 0 Å². The number of hydrogen-bond acceptors (Lipinski definition) is 6. The summed E-state index contributed by atoms with van der Waals surface area (Å²) in [6.45, 7) is 2.60. The Balaban J connectivity index is 2.25. The van der Waals surface area contributed by atoms with Crippen LogP contribution in [0.3, 0.4) is 0 Å². The lowest BCUT2D eigenvalue weighted by Crippen LogP contribution is -2.13. The number of benzene rings is 1. The minimum absolute atomic E-state index is 0.239. The van der Waals surface area contributed by atoms with Gasteiger partial charge in [0.05, 0.1) is 7.11 Å². The van der Waals surface area contributed by atoms with Crippen molar-refractivity contribution >= 4 is 17.9 Å². The summed E-state index contributed by atoms with van der Waals surface area (Å²) in [5.74, 6) is -0.667. The molecule has 0 saturated carbocycles. The molecule has 1 aliphatic carbocycles. The van der Waals surface area contributed by atoms with E-state index in [1.807, 2.05) is 12.1 Å². The third-order valence-electron chi connectivity index (χ3n) is 3.71. The number of esters is 3. The summed E-state index contributed by atoms with van der Waals surface area (Å²) < 4.78 is 15.1. The smallest absolute Gasteiger partial charge is 0.308 e. The average Bonchev–Trinajstić information content (AvgIpc) is 2.53. The minimum Gasteiger partial charge on any atom is -0.469 e. The number of fused-ring (bicyclic) bond motifs is 1. The maximum Gasteiger partial charge on any atom is 0.308 e. The fraction of sp³-hybridized carbons (Fsp3) is 0.389. The Kier molecular flexibility index (Phi) is 5.73. The van der Waals surface area contributed by atoms with Gasteiger partial charge in [0.15, 0.2) is 11.5 Å². The van der Waals surface area contributed by atoms with Gasteiger partial charge in [0.25, 0.3) is 0 Å². The molecule has 0 N–H and O–H groups in total. The quantitative estimate of drug-likeness (QED) is 0.468. The van der Waals surface area contributed by atoms with Crippen LogP contribution in [0, 0.1) is 0 Å². The number of hydrogen-bond donors (Lipinski definition) is 0. The van der Waals surface area contributed by atoms with Gasteiger partial charge in [-0.05, 0) is 30.9 Å². The predicted octanol–water partition coefficient (Wildman–Crippen LogP) is 2.52.